The molecule has 18 heteroatoms. The first-order valence-electron chi connectivity index (χ1n) is 7.60. The first kappa shape index (κ1) is 24.1. The van der Waals surface area contributed by atoms with Gasteiger partial charge in [-0.1, -0.05) is 0 Å². The number of carbonyl (C=O) groups is 2. The van der Waals surface area contributed by atoms with E-state index < -0.39 is 93.9 Å². The lowest BCUT2D eigenvalue weighted by Gasteiger charge is -2.22. The van der Waals surface area contributed by atoms with Gasteiger partial charge in [0.25, 0.3) is 40.5 Å². The molecule has 172 valence electrons. The number of hydrogen-bond donors (Lipinski definition) is 4. The number of fused-ring (bicyclic) bond motifs is 2. The highest BCUT2D eigenvalue weighted by molar-refractivity contribution is 7.87. The summed E-state index contributed by atoms with van der Waals surface area (Å²) in [5.41, 5.74) is -4.55. The molecular formula is C14H8O14S4. The standard InChI is InChI=1S/C14H8O14S4/c15-13-7-1-5(29(17,18)19)3-9(31(23,24)25)11(7)14(16)12-8(13)2-6(30(20,21)22)4-10(12)32(26,27)28/h1-4H,(H,17,18,19)(H,20,21,22)(H,23,24,25)(H,26,27,28). The second kappa shape index (κ2) is 6.96. The summed E-state index contributed by atoms with van der Waals surface area (Å²) in [5, 5.41) is 0. The summed E-state index contributed by atoms with van der Waals surface area (Å²) in [5.74, 6) is -3.17. The predicted octanol–water partition coefficient (Wildman–Crippen LogP) is -0.551. The fourth-order valence-electron chi connectivity index (χ4n) is 2.98. The Balaban J connectivity index is 2.59. The molecule has 4 N–H and O–H groups in total. The van der Waals surface area contributed by atoms with E-state index in [9.17, 15) is 61.5 Å². The van der Waals surface area contributed by atoms with Crippen molar-refractivity contribution in [1.29, 1.82) is 0 Å². The number of rotatable bonds is 4. The Morgan fingerprint density at radius 1 is 0.469 bits per heavy atom. The highest BCUT2D eigenvalue weighted by Crippen LogP contribution is 2.37. The SMILES string of the molecule is O=C1c2cc(S(=O)(=O)O)cc(S(=O)(=O)O)c2C(=O)c2c1cc(S(=O)(=O)O)cc2S(=O)(=O)O. The van der Waals surface area contributed by atoms with Crippen LogP contribution in [-0.2, 0) is 40.5 Å². The summed E-state index contributed by atoms with van der Waals surface area (Å²) in [4.78, 5) is 20.4. The van der Waals surface area contributed by atoms with Gasteiger partial charge in [0, 0.05) is 11.1 Å². The third-order valence-electron chi connectivity index (χ3n) is 4.25. The van der Waals surface area contributed by atoms with Gasteiger partial charge in [-0.15, -0.1) is 0 Å². The van der Waals surface area contributed by atoms with Crippen LogP contribution in [0.4, 0.5) is 0 Å². The van der Waals surface area contributed by atoms with Crippen LogP contribution >= 0.6 is 0 Å². The van der Waals surface area contributed by atoms with Crippen LogP contribution in [0.15, 0.2) is 43.8 Å². The van der Waals surface area contributed by atoms with E-state index in [1.807, 2.05) is 0 Å². The molecule has 32 heavy (non-hydrogen) atoms. The molecule has 0 radical (unpaired) electrons. The summed E-state index contributed by atoms with van der Waals surface area (Å²) >= 11 is 0. The van der Waals surface area contributed by atoms with Crippen molar-refractivity contribution in [3.63, 3.8) is 0 Å². The maximum Gasteiger partial charge on any atom is 0.295 e. The molecule has 0 amide bonds. The minimum atomic E-state index is -5.46. The Morgan fingerprint density at radius 2 is 0.781 bits per heavy atom. The minimum Gasteiger partial charge on any atom is -0.289 e. The highest BCUT2D eigenvalue weighted by Gasteiger charge is 2.40. The molecule has 2 aromatic rings. The van der Waals surface area contributed by atoms with Crippen molar-refractivity contribution in [2.75, 3.05) is 0 Å². The van der Waals surface area contributed by atoms with Crippen LogP contribution in [0, 0.1) is 0 Å². The van der Waals surface area contributed by atoms with Crippen LogP contribution in [0.3, 0.4) is 0 Å². The lowest BCUT2D eigenvalue weighted by Crippen LogP contribution is -2.27. The molecule has 0 heterocycles. The van der Waals surface area contributed by atoms with E-state index in [2.05, 4.69) is 0 Å². The summed E-state index contributed by atoms with van der Waals surface area (Å²) in [6, 6.07) is 0.907. The van der Waals surface area contributed by atoms with Gasteiger partial charge >= 0.3 is 0 Å². The summed E-state index contributed by atoms with van der Waals surface area (Å²) in [6.45, 7) is 0. The minimum absolute atomic E-state index is 0.124. The van der Waals surface area contributed by atoms with Crippen LogP contribution in [-0.4, -0.2) is 63.4 Å². The molecule has 2 aromatic carbocycles. The van der Waals surface area contributed by atoms with Crippen molar-refractivity contribution in [1.82, 2.24) is 0 Å². The molecule has 0 spiro atoms. The van der Waals surface area contributed by atoms with E-state index >= 15 is 0 Å². The fourth-order valence-corrected chi connectivity index (χ4v) is 5.67. The van der Waals surface area contributed by atoms with Gasteiger partial charge in [-0.2, -0.15) is 33.7 Å². The second-order valence-corrected chi connectivity index (χ2v) is 11.9. The van der Waals surface area contributed by atoms with Gasteiger partial charge in [0.1, 0.15) is 9.79 Å². The molecule has 1 aliphatic rings. The van der Waals surface area contributed by atoms with E-state index in [1.165, 1.54) is 0 Å². The van der Waals surface area contributed by atoms with E-state index in [0.29, 0.717) is 12.1 Å². The first-order valence-corrected chi connectivity index (χ1v) is 13.4. The molecule has 0 bridgehead atoms. The van der Waals surface area contributed by atoms with E-state index in [-0.39, 0.29) is 12.1 Å². The van der Waals surface area contributed by atoms with Crippen molar-refractivity contribution in [3.8, 4) is 0 Å². The zero-order valence-electron chi connectivity index (χ0n) is 14.8. The Morgan fingerprint density at radius 3 is 1.03 bits per heavy atom. The van der Waals surface area contributed by atoms with Crippen LogP contribution < -0.4 is 0 Å². The number of hydrogen-bond acceptors (Lipinski definition) is 10. The molecule has 0 aromatic heterocycles. The Kier molecular flexibility index (Phi) is 5.23. The van der Waals surface area contributed by atoms with Crippen molar-refractivity contribution in [3.05, 3.63) is 46.5 Å². The Hall–Kier alpha value is -2.58. The monoisotopic (exact) mass is 528 g/mol. The maximum atomic E-state index is 13.0. The van der Waals surface area contributed by atoms with Gasteiger partial charge in [0.2, 0.25) is 0 Å². The Labute approximate surface area is 179 Å². The largest absolute Gasteiger partial charge is 0.295 e. The van der Waals surface area contributed by atoms with Gasteiger partial charge in [-0.3, -0.25) is 27.8 Å². The molecule has 0 atom stereocenters. The van der Waals surface area contributed by atoms with Crippen molar-refractivity contribution in [2.24, 2.45) is 0 Å². The predicted molar refractivity (Wildman–Crippen MR) is 99.0 cm³/mol. The van der Waals surface area contributed by atoms with Crippen molar-refractivity contribution >= 4 is 52.0 Å². The van der Waals surface area contributed by atoms with Crippen molar-refractivity contribution < 1.29 is 61.5 Å². The Bertz CT molecular complexity index is 1550. The second-order valence-electron chi connectivity index (χ2n) is 6.25. The lowest BCUT2D eigenvalue weighted by atomic mass is 9.84. The van der Waals surface area contributed by atoms with Gasteiger partial charge < -0.3 is 0 Å². The van der Waals surface area contributed by atoms with E-state index in [0.717, 1.165) is 0 Å². The van der Waals surface area contributed by atoms with Gasteiger partial charge in [0.15, 0.2) is 11.6 Å². The van der Waals surface area contributed by atoms with E-state index in [1.54, 1.807) is 0 Å². The quantitative estimate of drug-likeness (QED) is 0.310. The third kappa shape index (κ3) is 3.97. The highest BCUT2D eigenvalue weighted by atomic mass is 32.2. The van der Waals surface area contributed by atoms with Crippen LogP contribution in [0.5, 0.6) is 0 Å². The summed E-state index contributed by atoms with van der Waals surface area (Å²) < 4.78 is 130. The molecule has 14 nitrogen and oxygen atoms in total. The molecule has 0 saturated heterocycles. The topological polar surface area (TPSA) is 252 Å². The molecule has 0 fully saturated rings. The van der Waals surface area contributed by atoms with E-state index in [4.69, 9.17) is 0 Å². The lowest BCUT2D eigenvalue weighted by molar-refractivity contribution is 0.0973. The number of benzene rings is 2. The average Bonchev–Trinajstić information content (AvgIpc) is 2.61. The van der Waals surface area contributed by atoms with Gasteiger partial charge in [-0.25, -0.2) is 0 Å². The zero-order chi connectivity index (χ0) is 24.6. The van der Waals surface area contributed by atoms with Crippen LogP contribution in [0.1, 0.15) is 31.8 Å². The number of carbonyl (C=O) groups excluding carboxylic acids is 2. The van der Waals surface area contributed by atoms with Crippen LogP contribution in [0.2, 0.25) is 0 Å². The maximum absolute atomic E-state index is 13.0. The molecule has 3 rings (SSSR count). The zero-order valence-corrected chi connectivity index (χ0v) is 18.1. The third-order valence-corrected chi connectivity index (χ3v) is 7.66. The van der Waals surface area contributed by atoms with Gasteiger partial charge in [-0.05, 0) is 24.3 Å². The molecule has 0 saturated carbocycles. The molecule has 1 aliphatic carbocycles. The molecular weight excluding hydrogens is 520 g/mol. The average molecular weight is 528 g/mol. The first-order chi connectivity index (χ1) is 14.2. The van der Waals surface area contributed by atoms with Gasteiger partial charge in [0.05, 0.1) is 20.9 Å². The summed E-state index contributed by atoms with van der Waals surface area (Å²) in [7, 11) is -21.3. The normalized spacial score (nSPS) is 14.8. The fraction of sp³-hybridized carbons (Fsp3) is 0. The van der Waals surface area contributed by atoms with Crippen LogP contribution in [0.25, 0.3) is 0 Å². The van der Waals surface area contributed by atoms with Crippen molar-refractivity contribution in [2.45, 2.75) is 19.6 Å². The summed E-state index contributed by atoms with van der Waals surface area (Å²) in [6.07, 6.45) is 0. The number of ketones is 2. The smallest absolute Gasteiger partial charge is 0.289 e. The molecule has 0 aliphatic heterocycles. The molecule has 0 unspecified atom stereocenters.